The van der Waals surface area contributed by atoms with Crippen LogP contribution in [0.4, 0.5) is 4.39 Å². The van der Waals surface area contributed by atoms with Crippen LogP contribution in [0, 0.1) is 22.7 Å². The first-order valence-electron chi connectivity index (χ1n) is 12.7. The third-order valence-corrected chi connectivity index (χ3v) is 10.4. The molecule has 4 aliphatic rings. The topological polar surface area (TPSA) is 188 Å². The minimum Gasteiger partial charge on any atom is -0.458 e. The molecule has 3 unspecified atom stereocenters. The molecular formula is C26H33FO12S2. The van der Waals surface area contributed by atoms with Gasteiger partial charge in [0.15, 0.2) is 23.7 Å². The smallest absolute Gasteiger partial charge is 0.303 e. The van der Waals surface area contributed by atoms with E-state index in [-0.39, 0.29) is 17.6 Å². The molecule has 0 aromatic heterocycles. The molecule has 0 aromatic rings. The molecule has 0 aromatic carbocycles. The van der Waals surface area contributed by atoms with Gasteiger partial charge < -0.3 is 14.9 Å². The number of fused-ring (bicyclic) bond motifs is 5. The molecule has 4 rings (SSSR count). The number of carbonyl (C=O) groups is 3. The molecule has 228 valence electrons. The van der Waals surface area contributed by atoms with Crippen molar-refractivity contribution in [2.75, 3.05) is 19.1 Å². The van der Waals surface area contributed by atoms with Crippen molar-refractivity contribution < 1.29 is 58.9 Å². The summed E-state index contributed by atoms with van der Waals surface area (Å²) in [6, 6.07) is 0. The van der Waals surface area contributed by atoms with Gasteiger partial charge in [-0.05, 0) is 49.0 Å². The second kappa shape index (κ2) is 9.61. The van der Waals surface area contributed by atoms with E-state index in [0.29, 0.717) is 12.5 Å². The number of alkyl halides is 1. The second-order valence-electron chi connectivity index (χ2n) is 11.8. The maximum Gasteiger partial charge on any atom is 0.303 e. The van der Waals surface area contributed by atoms with Gasteiger partial charge in [0.1, 0.15) is 12.2 Å². The van der Waals surface area contributed by atoms with Crippen molar-refractivity contribution in [1.29, 1.82) is 0 Å². The Morgan fingerprint density at radius 2 is 1.73 bits per heavy atom. The number of esters is 1. The fourth-order valence-corrected chi connectivity index (χ4v) is 8.76. The molecule has 0 bridgehead atoms. The van der Waals surface area contributed by atoms with Gasteiger partial charge in [0.2, 0.25) is 5.78 Å². The van der Waals surface area contributed by atoms with Crippen LogP contribution >= 0.6 is 0 Å². The predicted molar refractivity (Wildman–Crippen MR) is 140 cm³/mol. The van der Waals surface area contributed by atoms with Crippen molar-refractivity contribution in [1.82, 2.24) is 0 Å². The summed E-state index contributed by atoms with van der Waals surface area (Å²) in [5.41, 5.74) is -9.27. The Bertz CT molecular complexity index is 1500. The van der Waals surface area contributed by atoms with Crippen LogP contribution in [0.3, 0.4) is 0 Å². The Morgan fingerprint density at radius 1 is 1.15 bits per heavy atom. The lowest BCUT2D eigenvalue weighted by Gasteiger charge is -2.64. The van der Waals surface area contributed by atoms with E-state index in [1.807, 2.05) is 0 Å². The SMILES string of the molecule is C=C1C[C@H]2[C@@H]3C(OS(C)(=O)=O)C(OS(C)(=O)=O)C4=CC(=O)C=C[C@]4(C)[C@@]3(F)C(O)C[C@]2(C)[C@@]1(O)C(=O)COC(C)=O. The predicted octanol–water partition coefficient (Wildman–Crippen LogP) is 0.296. The summed E-state index contributed by atoms with van der Waals surface area (Å²) in [5, 5.41) is 23.4. The van der Waals surface area contributed by atoms with E-state index >= 15 is 4.39 Å². The van der Waals surface area contributed by atoms with Gasteiger partial charge in [-0.15, -0.1) is 0 Å². The molecule has 0 spiro atoms. The van der Waals surface area contributed by atoms with Crippen molar-refractivity contribution >= 4 is 37.8 Å². The number of ketones is 2. The third-order valence-electron chi connectivity index (χ3n) is 9.25. The maximum atomic E-state index is 17.9. The maximum absolute atomic E-state index is 17.9. The van der Waals surface area contributed by atoms with E-state index in [2.05, 4.69) is 6.58 Å². The van der Waals surface area contributed by atoms with Crippen LogP contribution in [-0.4, -0.2) is 93.3 Å². The van der Waals surface area contributed by atoms with Crippen molar-refractivity contribution in [3.8, 4) is 0 Å². The van der Waals surface area contributed by atoms with E-state index in [1.165, 1.54) is 19.9 Å². The molecule has 0 heterocycles. The van der Waals surface area contributed by atoms with Crippen LogP contribution in [0.2, 0.25) is 0 Å². The van der Waals surface area contributed by atoms with Gasteiger partial charge in [-0.3, -0.25) is 22.7 Å². The average molecular weight is 621 g/mol. The molecule has 0 aliphatic heterocycles. The summed E-state index contributed by atoms with van der Waals surface area (Å²) in [5.74, 6) is -5.37. The number of halogens is 1. The molecule has 0 amide bonds. The molecule has 3 saturated carbocycles. The van der Waals surface area contributed by atoms with Gasteiger partial charge in [0.25, 0.3) is 20.2 Å². The molecule has 0 radical (unpaired) electrons. The van der Waals surface area contributed by atoms with E-state index in [0.717, 1.165) is 19.1 Å². The summed E-state index contributed by atoms with van der Waals surface area (Å²) in [4.78, 5) is 37.1. The lowest BCUT2D eigenvalue weighted by molar-refractivity contribution is -0.244. The van der Waals surface area contributed by atoms with Gasteiger partial charge in [-0.25, -0.2) is 4.39 Å². The van der Waals surface area contributed by atoms with Crippen molar-refractivity contribution in [3.63, 3.8) is 0 Å². The number of hydrogen-bond donors (Lipinski definition) is 2. The van der Waals surface area contributed by atoms with Crippen molar-refractivity contribution in [2.24, 2.45) is 22.7 Å². The minimum absolute atomic E-state index is 0.0989. The lowest BCUT2D eigenvalue weighted by atomic mass is 9.43. The summed E-state index contributed by atoms with van der Waals surface area (Å²) in [6.45, 7) is 6.73. The average Bonchev–Trinajstić information content (AvgIpc) is 3.01. The summed E-state index contributed by atoms with van der Waals surface area (Å²) >= 11 is 0. The highest BCUT2D eigenvalue weighted by atomic mass is 32.2. The number of aliphatic hydroxyl groups is 2. The van der Waals surface area contributed by atoms with Gasteiger partial charge in [-0.2, -0.15) is 16.8 Å². The second-order valence-corrected chi connectivity index (χ2v) is 15.0. The highest BCUT2D eigenvalue weighted by Crippen LogP contribution is 2.71. The van der Waals surface area contributed by atoms with Crippen LogP contribution in [0.25, 0.3) is 0 Å². The van der Waals surface area contributed by atoms with Gasteiger partial charge in [0.05, 0.1) is 18.6 Å². The molecule has 12 nitrogen and oxygen atoms in total. The Hall–Kier alpha value is -2.30. The summed E-state index contributed by atoms with van der Waals surface area (Å²) < 4.78 is 83.2. The number of ether oxygens (including phenoxy) is 1. The molecular weight excluding hydrogens is 587 g/mol. The van der Waals surface area contributed by atoms with Crippen LogP contribution < -0.4 is 0 Å². The highest BCUT2D eigenvalue weighted by Gasteiger charge is 2.78. The van der Waals surface area contributed by atoms with Crippen LogP contribution in [0.5, 0.6) is 0 Å². The van der Waals surface area contributed by atoms with Crippen molar-refractivity contribution in [2.45, 2.75) is 63.2 Å². The number of hydrogen-bond acceptors (Lipinski definition) is 12. The molecule has 15 heteroatoms. The van der Waals surface area contributed by atoms with E-state index < -0.39 is 103 Å². The largest absolute Gasteiger partial charge is 0.458 e. The molecule has 0 saturated heterocycles. The fourth-order valence-electron chi connectivity index (χ4n) is 7.54. The Balaban J connectivity index is 2.00. The van der Waals surface area contributed by atoms with Gasteiger partial charge in [0, 0.05) is 23.7 Å². The van der Waals surface area contributed by atoms with Crippen LogP contribution in [0.1, 0.15) is 33.6 Å². The van der Waals surface area contributed by atoms with Gasteiger partial charge in [-0.1, -0.05) is 19.6 Å². The minimum atomic E-state index is -4.47. The Labute approximate surface area is 237 Å². The molecule has 3 fully saturated rings. The first-order valence-corrected chi connectivity index (χ1v) is 16.3. The van der Waals surface area contributed by atoms with Crippen molar-refractivity contribution in [3.05, 3.63) is 36.0 Å². The number of rotatable bonds is 7. The zero-order valence-electron chi connectivity index (χ0n) is 23.1. The van der Waals surface area contributed by atoms with E-state index in [4.69, 9.17) is 13.1 Å². The molecule has 41 heavy (non-hydrogen) atoms. The monoisotopic (exact) mass is 620 g/mol. The zero-order valence-corrected chi connectivity index (χ0v) is 24.8. The molecule has 4 aliphatic carbocycles. The standard InChI is InChI=1S/C26H33FO12S2/c1-13-9-16-20-22(39-41(6,35)36)21(38-40(5,33)34)17-10-15(29)7-8-23(17,3)25(20,27)18(30)11-24(16,4)26(13,32)19(31)12-37-14(2)28/h7-8,10,16,18,20-22,30,32H,1,9,11-12H2,2-6H3/t16-,18?,20+,21?,22?,23-,24-,25+,26-/m0/s1. The Morgan fingerprint density at radius 3 is 2.27 bits per heavy atom. The first kappa shape index (κ1) is 31.6. The number of carbonyl (C=O) groups excluding carboxylic acids is 3. The van der Waals surface area contributed by atoms with Crippen LogP contribution in [-0.2, 0) is 47.7 Å². The number of allylic oxidation sites excluding steroid dienone is 3. The molecule has 9 atom stereocenters. The zero-order chi connectivity index (χ0) is 31.1. The first-order chi connectivity index (χ1) is 18.5. The summed E-state index contributed by atoms with van der Waals surface area (Å²) in [6.07, 6.45) is -2.16. The summed E-state index contributed by atoms with van der Waals surface area (Å²) in [7, 11) is -8.85. The fraction of sp³-hybridized carbons (Fsp3) is 0.654. The normalized spacial score (nSPS) is 42.1. The quantitative estimate of drug-likeness (QED) is 0.225. The van der Waals surface area contributed by atoms with E-state index in [1.54, 1.807) is 0 Å². The number of Topliss-reactive ketones (excluding diaryl/α,β-unsaturated/α-hetero) is 1. The van der Waals surface area contributed by atoms with Crippen LogP contribution in [0.15, 0.2) is 36.0 Å². The highest BCUT2D eigenvalue weighted by molar-refractivity contribution is 7.86. The van der Waals surface area contributed by atoms with Gasteiger partial charge >= 0.3 is 5.97 Å². The number of aliphatic hydroxyl groups excluding tert-OH is 1. The van der Waals surface area contributed by atoms with E-state index in [9.17, 15) is 41.4 Å². The molecule has 2 N–H and O–H groups in total. The Kier molecular flexibility index (Phi) is 7.41. The third kappa shape index (κ3) is 4.65. The lowest BCUT2D eigenvalue weighted by Crippen LogP contribution is -2.75.